The number of benzene rings is 2. The smallest absolute Gasteiger partial charge is 0.115 e. The Balaban J connectivity index is 2.43. The van der Waals surface area contributed by atoms with Gasteiger partial charge in [-0.3, -0.25) is 0 Å². The summed E-state index contributed by atoms with van der Waals surface area (Å²) in [6.45, 7) is 8.69. The molecule has 0 unspecified atom stereocenters. The lowest BCUT2D eigenvalue weighted by atomic mass is 9.89. The molecular weight excluding hydrogens is 280 g/mol. The zero-order valence-corrected chi connectivity index (χ0v) is 13.9. The zero-order valence-electron chi connectivity index (χ0n) is 13.2. The molecule has 0 saturated heterocycles. The summed E-state index contributed by atoms with van der Waals surface area (Å²) >= 11 is 6.13. The third-order valence-electron chi connectivity index (χ3n) is 3.86. The van der Waals surface area contributed by atoms with Crippen molar-refractivity contribution in [3.8, 4) is 5.75 Å². The van der Waals surface area contributed by atoms with Crippen LogP contribution in [0.2, 0.25) is 5.02 Å². The molecule has 0 bridgehead atoms. The van der Waals surface area contributed by atoms with Gasteiger partial charge >= 0.3 is 0 Å². The second kappa shape index (κ2) is 6.53. The number of rotatable bonds is 4. The van der Waals surface area contributed by atoms with Gasteiger partial charge < -0.3 is 5.11 Å². The summed E-state index contributed by atoms with van der Waals surface area (Å²) in [5, 5.41) is 10.5. The van der Waals surface area contributed by atoms with Crippen molar-refractivity contribution < 1.29 is 5.11 Å². The van der Waals surface area contributed by atoms with Gasteiger partial charge in [0.2, 0.25) is 0 Å². The van der Waals surface area contributed by atoms with E-state index in [1.165, 1.54) is 22.3 Å². The summed E-state index contributed by atoms with van der Waals surface area (Å²) in [6, 6.07) is 11.8. The van der Waals surface area contributed by atoms with E-state index in [2.05, 4.69) is 39.8 Å². The maximum atomic E-state index is 9.71. The molecule has 1 N–H and O–H groups in total. The van der Waals surface area contributed by atoms with Gasteiger partial charge in [-0.2, -0.15) is 0 Å². The van der Waals surface area contributed by atoms with Crippen LogP contribution in [0.4, 0.5) is 0 Å². The minimum Gasteiger partial charge on any atom is -0.508 e. The van der Waals surface area contributed by atoms with E-state index in [4.69, 9.17) is 11.6 Å². The SMILES string of the molecule is CC(C)c1cc(O)ccc1Cc1ccc(Cl)cc1C(C)C. The Labute approximate surface area is 132 Å². The van der Waals surface area contributed by atoms with Crippen LogP contribution in [0.15, 0.2) is 36.4 Å². The molecule has 0 saturated carbocycles. The standard InChI is InChI=1S/C19H23ClO/c1-12(2)18-10-16(20)7-5-14(18)9-15-6-8-17(21)11-19(15)13(3)4/h5-8,10-13,21H,9H2,1-4H3. The van der Waals surface area contributed by atoms with Crippen molar-refractivity contribution in [1.82, 2.24) is 0 Å². The van der Waals surface area contributed by atoms with Crippen molar-refractivity contribution in [2.75, 3.05) is 0 Å². The number of hydrogen-bond acceptors (Lipinski definition) is 1. The summed E-state index contributed by atoms with van der Waals surface area (Å²) in [5.74, 6) is 1.17. The summed E-state index contributed by atoms with van der Waals surface area (Å²) < 4.78 is 0. The van der Waals surface area contributed by atoms with Crippen molar-refractivity contribution in [2.45, 2.75) is 46.0 Å². The van der Waals surface area contributed by atoms with E-state index in [1.54, 1.807) is 6.07 Å². The van der Waals surface area contributed by atoms with E-state index in [1.807, 2.05) is 18.2 Å². The minimum absolute atomic E-state index is 0.336. The van der Waals surface area contributed by atoms with Crippen molar-refractivity contribution in [2.24, 2.45) is 0 Å². The molecule has 2 aromatic rings. The minimum atomic E-state index is 0.336. The summed E-state index contributed by atoms with van der Waals surface area (Å²) in [4.78, 5) is 0. The first-order chi connectivity index (χ1) is 9.88. The topological polar surface area (TPSA) is 20.2 Å². The molecule has 0 amide bonds. The number of halogens is 1. The van der Waals surface area contributed by atoms with E-state index < -0.39 is 0 Å². The van der Waals surface area contributed by atoms with Gasteiger partial charge in [-0.25, -0.2) is 0 Å². The second-order valence-electron chi connectivity index (χ2n) is 6.21. The molecule has 0 aliphatic heterocycles. The molecule has 112 valence electrons. The van der Waals surface area contributed by atoms with Gasteiger partial charge in [0, 0.05) is 5.02 Å². The quantitative estimate of drug-likeness (QED) is 0.747. The van der Waals surface area contributed by atoms with Gasteiger partial charge in [-0.05, 0) is 64.8 Å². The fourth-order valence-electron chi connectivity index (χ4n) is 2.75. The van der Waals surface area contributed by atoms with Crippen LogP contribution in [0.25, 0.3) is 0 Å². The fraction of sp³-hybridized carbons (Fsp3) is 0.368. The van der Waals surface area contributed by atoms with Crippen molar-refractivity contribution in [3.05, 3.63) is 63.7 Å². The molecule has 0 fully saturated rings. The van der Waals surface area contributed by atoms with E-state index in [0.717, 1.165) is 11.4 Å². The summed E-state index contributed by atoms with van der Waals surface area (Å²) in [5.41, 5.74) is 5.08. The average molecular weight is 303 g/mol. The highest BCUT2D eigenvalue weighted by Gasteiger charge is 2.12. The molecule has 0 aliphatic rings. The van der Waals surface area contributed by atoms with Gasteiger partial charge in [0.15, 0.2) is 0 Å². The zero-order chi connectivity index (χ0) is 15.6. The molecular formula is C19H23ClO. The van der Waals surface area contributed by atoms with Crippen LogP contribution in [0.1, 0.15) is 61.8 Å². The third-order valence-corrected chi connectivity index (χ3v) is 4.10. The molecule has 2 rings (SSSR count). The van der Waals surface area contributed by atoms with E-state index in [-0.39, 0.29) is 0 Å². The Kier molecular flexibility index (Phi) is 4.95. The molecule has 0 atom stereocenters. The fourth-order valence-corrected chi connectivity index (χ4v) is 2.93. The Morgan fingerprint density at radius 2 is 1.38 bits per heavy atom. The lowest BCUT2D eigenvalue weighted by molar-refractivity contribution is 0.473. The molecule has 0 aliphatic carbocycles. The highest BCUT2D eigenvalue weighted by Crippen LogP contribution is 2.30. The molecule has 2 heteroatoms. The monoisotopic (exact) mass is 302 g/mol. The molecule has 1 nitrogen and oxygen atoms in total. The summed E-state index contributed by atoms with van der Waals surface area (Å²) in [6.07, 6.45) is 0.873. The van der Waals surface area contributed by atoms with Crippen molar-refractivity contribution >= 4 is 11.6 Å². The van der Waals surface area contributed by atoms with Crippen molar-refractivity contribution in [3.63, 3.8) is 0 Å². The average Bonchev–Trinajstić information content (AvgIpc) is 2.42. The Morgan fingerprint density at radius 3 is 1.95 bits per heavy atom. The molecule has 0 spiro atoms. The van der Waals surface area contributed by atoms with Crippen LogP contribution in [0.5, 0.6) is 5.75 Å². The van der Waals surface area contributed by atoms with Crippen LogP contribution < -0.4 is 0 Å². The molecule has 0 aromatic heterocycles. The highest BCUT2D eigenvalue weighted by atomic mass is 35.5. The molecule has 0 radical (unpaired) electrons. The summed E-state index contributed by atoms with van der Waals surface area (Å²) in [7, 11) is 0. The predicted octanol–water partition coefficient (Wildman–Crippen LogP) is 5.88. The number of phenols is 1. The first-order valence-electron chi connectivity index (χ1n) is 7.48. The maximum absolute atomic E-state index is 9.71. The van der Waals surface area contributed by atoms with Gasteiger partial charge in [-0.1, -0.05) is 51.4 Å². The Morgan fingerprint density at radius 1 is 0.857 bits per heavy atom. The van der Waals surface area contributed by atoms with Gasteiger partial charge in [0.25, 0.3) is 0 Å². The normalized spacial score (nSPS) is 11.4. The molecule has 0 heterocycles. The number of phenolic OH excluding ortho intramolecular Hbond substituents is 1. The largest absolute Gasteiger partial charge is 0.508 e. The first-order valence-corrected chi connectivity index (χ1v) is 7.86. The lowest BCUT2D eigenvalue weighted by Gasteiger charge is -2.17. The van der Waals surface area contributed by atoms with Crippen LogP contribution >= 0.6 is 11.6 Å². The predicted molar refractivity (Wildman–Crippen MR) is 90.5 cm³/mol. The molecule has 21 heavy (non-hydrogen) atoms. The molecule has 2 aromatic carbocycles. The Hall–Kier alpha value is -1.47. The first kappa shape index (κ1) is 15.9. The van der Waals surface area contributed by atoms with Gasteiger partial charge in [0.1, 0.15) is 5.75 Å². The van der Waals surface area contributed by atoms with E-state index in [0.29, 0.717) is 17.6 Å². The number of hydrogen-bond donors (Lipinski definition) is 1. The second-order valence-corrected chi connectivity index (χ2v) is 6.65. The Bertz CT molecular complexity index is 574. The van der Waals surface area contributed by atoms with E-state index in [9.17, 15) is 5.11 Å². The van der Waals surface area contributed by atoms with Gasteiger partial charge in [0.05, 0.1) is 0 Å². The van der Waals surface area contributed by atoms with Crippen LogP contribution in [0.3, 0.4) is 0 Å². The van der Waals surface area contributed by atoms with E-state index >= 15 is 0 Å². The van der Waals surface area contributed by atoms with Gasteiger partial charge in [-0.15, -0.1) is 0 Å². The number of aromatic hydroxyl groups is 1. The maximum Gasteiger partial charge on any atom is 0.115 e. The van der Waals surface area contributed by atoms with Crippen LogP contribution in [-0.4, -0.2) is 5.11 Å². The highest BCUT2D eigenvalue weighted by molar-refractivity contribution is 6.30. The van der Waals surface area contributed by atoms with Crippen molar-refractivity contribution in [1.29, 1.82) is 0 Å². The third kappa shape index (κ3) is 3.79. The van der Waals surface area contributed by atoms with Crippen LogP contribution in [-0.2, 0) is 6.42 Å². The lowest BCUT2D eigenvalue weighted by Crippen LogP contribution is -2.01. The van der Waals surface area contributed by atoms with Crippen LogP contribution in [0, 0.1) is 0 Å².